The zero-order valence-electron chi connectivity index (χ0n) is 9.29. The van der Waals surface area contributed by atoms with Gasteiger partial charge in [-0.05, 0) is 36.4 Å². The average molecular weight is 212 g/mol. The van der Waals surface area contributed by atoms with Crippen LogP contribution in [0.1, 0.15) is 18.9 Å². The van der Waals surface area contributed by atoms with Crippen LogP contribution in [-0.4, -0.2) is 20.1 Å². The lowest BCUT2D eigenvalue weighted by molar-refractivity contribution is 0.522. The monoisotopic (exact) mass is 212 g/mol. The number of nitrogens with zero attached hydrogens (tertiary/aromatic N) is 1. The minimum Gasteiger partial charge on any atom is -0.366 e. The first kappa shape index (κ1) is 11.5. The molecule has 0 amide bonds. The maximum Gasteiger partial charge on any atom is 0.0935 e. The van der Waals surface area contributed by atoms with Gasteiger partial charge >= 0.3 is 0 Å². The van der Waals surface area contributed by atoms with E-state index in [2.05, 4.69) is 37.2 Å². The molecular formula is C11H20N2S. The summed E-state index contributed by atoms with van der Waals surface area (Å²) in [4.78, 5) is 2.32. The summed E-state index contributed by atoms with van der Waals surface area (Å²) in [5, 5.41) is 3.52. The van der Waals surface area contributed by atoms with E-state index < -0.39 is 0 Å². The van der Waals surface area contributed by atoms with Crippen molar-refractivity contribution in [2.24, 2.45) is 11.7 Å². The first-order valence-corrected chi connectivity index (χ1v) is 6.02. The molecule has 0 radical (unpaired) electrons. The highest BCUT2D eigenvalue weighted by Gasteiger charge is 2.10. The van der Waals surface area contributed by atoms with E-state index in [9.17, 15) is 0 Å². The van der Waals surface area contributed by atoms with Gasteiger partial charge in [-0.2, -0.15) is 0 Å². The summed E-state index contributed by atoms with van der Waals surface area (Å²) in [5.41, 5.74) is 7.06. The largest absolute Gasteiger partial charge is 0.366 e. The molecule has 1 heterocycles. The van der Waals surface area contributed by atoms with Crippen LogP contribution >= 0.6 is 11.3 Å². The van der Waals surface area contributed by atoms with Crippen LogP contribution in [0.25, 0.3) is 0 Å². The zero-order valence-corrected chi connectivity index (χ0v) is 10.1. The van der Waals surface area contributed by atoms with E-state index in [-0.39, 0.29) is 0 Å². The highest BCUT2D eigenvalue weighted by molar-refractivity contribution is 7.14. The first-order valence-electron chi connectivity index (χ1n) is 5.14. The van der Waals surface area contributed by atoms with Crippen LogP contribution in [0.4, 0.5) is 5.00 Å². The molecule has 0 aliphatic heterocycles. The van der Waals surface area contributed by atoms with Crippen LogP contribution in [-0.2, 0) is 0 Å². The Morgan fingerprint density at radius 2 is 2.29 bits per heavy atom. The van der Waals surface area contributed by atoms with Crippen LogP contribution in [0, 0.1) is 12.8 Å². The van der Waals surface area contributed by atoms with Crippen LogP contribution in [0.3, 0.4) is 0 Å². The predicted octanol–water partition coefficient (Wildman–Crippen LogP) is 2.48. The maximum absolute atomic E-state index is 5.70. The van der Waals surface area contributed by atoms with Crippen LogP contribution in [0.5, 0.6) is 0 Å². The number of thiophene rings is 1. The molecule has 2 N–H and O–H groups in total. The standard InChI is InChI=1S/C11H20N2S/c1-4-10(7-12)8-13(3)11-9(2)5-6-14-11/h5-6,10H,4,7-8,12H2,1-3H3. The van der Waals surface area contributed by atoms with Crippen LogP contribution in [0.15, 0.2) is 11.4 Å². The lowest BCUT2D eigenvalue weighted by atomic mass is 10.1. The van der Waals surface area contributed by atoms with Gasteiger partial charge in [-0.1, -0.05) is 13.3 Å². The van der Waals surface area contributed by atoms with Crippen molar-refractivity contribution in [2.75, 3.05) is 25.0 Å². The van der Waals surface area contributed by atoms with Gasteiger partial charge in [0.25, 0.3) is 0 Å². The number of aryl methyl sites for hydroxylation is 1. The van der Waals surface area contributed by atoms with Crippen molar-refractivity contribution in [3.63, 3.8) is 0 Å². The molecule has 0 saturated carbocycles. The molecule has 3 heteroatoms. The molecule has 1 aromatic rings. The Labute approximate surface area is 90.7 Å². The molecule has 0 aromatic carbocycles. The number of hydrogen-bond acceptors (Lipinski definition) is 3. The third-order valence-corrected chi connectivity index (χ3v) is 3.75. The third-order valence-electron chi connectivity index (χ3n) is 2.62. The second kappa shape index (κ2) is 5.37. The van der Waals surface area contributed by atoms with Gasteiger partial charge in [0.2, 0.25) is 0 Å². The minimum atomic E-state index is 0.612. The molecule has 1 unspecified atom stereocenters. The molecule has 80 valence electrons. The molecule has 0 spiro atoms. The summed E-state index contributed by atoms with van der Waals surface area (Å²) < 4.78 is 0. The topological polar surface area (TPSA) is 29.3 Å². The normalized spacial score (nSPS) is 12.9. The van der Waals surface area contributed by atoms with E-state index in [1.807, 2.05) is 0 Å². The average Bonchev–Trinajstić information content (AvgIpc) is 2.60. The predicted molar refractivity (Wildman–Crippen MR) is 65.2 cm³/mol. The summed E-state index contributed by atoms with van der Waals surface area (Å²) in [6.07, 6.45) is 1.16. The Hall–Kier alpha value is -0.540. The van der Waals surface area contributed by atoms with E-state index in [0.29, 0.717) is 5.92 Å². The van der Waals surface area contributed by atoms with Gasteiger partial charge in [0, 0.05) is 13.6 Å². The van der Waals surface area contributed by atoms with E-state index in [0.717, 1.165) is 19.5 Å². The molecule has 0 aliphatic carbocycles. The number of hydrogen-bond donors (Lipinski definition) is 1. The molecule has 1 aromatic heterocycles. The summed E-state index contributed by atoms with van der Waals surface area (Å²) in [7, 11) is 2.15. The first-order chi connectivity index (χ1) is 6.69. The molecule has 14 heavy (non-hydrogen) atoms. The number of anilines is 1. The van der Waals surface area contributed by atoms with Gasteiger partial charge in [0.05, 0.1) is 5.00 Å². The molecule has 1 atom stereocenters. The molecule has 1 rings (SSSR count). The highest BCUT2D eigenvalue weighted by atomic mass is 32.1. The smallest absolute Gasteiger partial charge is 0.0935 e. The fraction of sp³-hybridized carbons (Fsp3) is 0.636. The summed E-state index contributed by atoms with van der Waals surface area (Å²) in [6.45, 7) is 6.21. The zero-order chi connectivity index (χ0) is 10.6. The fourth-order valence-electron chi connectivity index (χ4n) is 1.60. The summed E-state index contributed by atoms with van der Waals surface area (Å²) >= 11 is 1.81. The van der Waals surface area contributed by atoms with Gasteiger partial charge in [-0.3, -0.25) is 0 Å². The van der Waals surface area contributed by atoms with E-state index in [4.69, 9.17) is 5.73 Å². The van der Waals surface area contributed by atoms with Crippen molar-refractivity contribution in [1.82, 2.24) is 0 Å². The van der Waals surface area contributed by atoms with Crippen molar-refractivity contribution < 1.29 is 0 Å². The van der Waals surface area contributed by atoms with E-state index in [1.54, 1.807) is 11.3 Å². The molecule has 2 nitrogen and oxygen atoms in total. The van der Waals surface area contributed by atoms with Crippen molar-refractivity contribution in [2.45, 2.75) is 20.3 Å². The quantitative estimate of drug-likeness (QED) is 0.812. The Morgan fingerprint density at radius 3 is 2.71 bits per heavy atom. The Balaban J connectivity index is 2.58. The van der Waals surface area contributed by atoms with Gasteiger partial charge in [0.15, 0.2) is 0 Å². The third kappa shape index (κ3) is 2.72. The molecule has 0 aliphatic rings. The molecule has 0 fully saturated rings. The van der Waals surface area contributed by atoms with E-state index in [1.165, 1.54) is 10.6 Å². The van der Waals surface area contributed by atoms with Crippen LogP contribution in [0.2, 0.25) is 0 Å². The van der Waals surface area contributed by atoms with Crippen molar-refractivity contribution in [3.8, 4) is 0 Å². The fourth-order valence-corrected chi connectivity index (χ4v) is 2.51. The van der Waals surface area contributed by atoms with Gasteiger partial charge in [-0.25, -0.2) is 0 Å². The highest BCUT2D eigenvalue weighted by Crippen LogP contribution is 2.26. The Kier molecular flexibility index (Phi) is 4.42. The lowest BCUT2D eigenvalue weighted by Gasteiger charge is -2.23. The minimum absolute atomic E-state index is 0.612. The Bertz CT molecular complexity index is 266. The summed E-state index contributed by atoms with van der Waals surface area (Å²) in [6, 6.07) is 2.17. The second-order valence-corrected chi connectivity index (χ2v) is 4.69. The lowest BCUT2D eigenvalue weighted by Crippen LogP contribution is -2.29. The number of rotatable bonds is 5. The second-order valence-electron chi connectivity index (χ2n) is 3.80. The van der Waals surface area contributed by atoms with Crippen LogP contribution < -0.4 is 10.6 Å². The number of nitrogens with two attached hydrogens (primary N) is 1. The van der Waals surface area contributed by atoms with Gasteiger partial charge in [0.1, 0.15) is 0 Å². The van der Waals surface area contributed by atoms with Crippen molar-refractivity contribution in [3.05, 3.63) is 17.0 Å². The van der Waals surface area contributed by atoms with E-state index >= 15 is 0 Å². The SMILES string of the molecule is CCC(CN)CN(C)c1sccc1C. The van der Waals surface area contributed by atoms with Gasteiger partial charge in [-0.15, -0.1) is 11.3 Å². The molecular weight excluding hydrogens is 192 g/mol. The molecule has 0 saturated heterocycles. The Morgan fingerprint density at radius 1 is 1.57 bits per heavy atom. The molecule has 0 bridgehead atoms. The van der Waals surface area contributed by atoms with Crippen molar-refractivity contribution >= 4 is 16.3 Å². The van der Waals surface area contributed by atoms with Gasteiger partial charge < -0.3 is 10.6 Å². The van der Waals surface area contributed by atoms with Crippen molar-refractivity contribution in [1.29, 1.82) is 0 Å². The summed E-state index contributed by atoms with van der Waals surface area (Å²) in [5.74, 6) is 0.612. The maximum atomic E-state index is 5.70.